The predicted octanol–water partition coefficient (Wildman–Crippen LogP) is 2.54. The molecule has 0 saturated heterocycles. The summed E-state index contributed by atoms with van der Waals surface area (Å²) in [5.74, 6) is 1.66. The van der Waals surface area contributed by atoms with Crippen molar-refractivity contribution in [3.05, 3.63) is 36.2 Å². The molecule has 0 aliphatic carbocycles. The fourth-order valence-corrected chi connectivity index (χ4v) is 2.46. The quantitative estimate of drug-likeness (QED) is 0.748. The summed E-state index contributed by atoms with van der Waals surface area (Å²) in [6.45, 7) is 7.21. The first-order valence-corrected chi connectivity index (χ1v) is 6.97. The number of fused-ring (bicyclic) bond motifs is 1. The van der Waals surface area contributed by atoms with Gasteiger partial charge in [-0.1, -0.05) is 25.9 Å². The van der Waals surface area contributed by atoms with Gasteiger partial charge in [-0.05, 0) is 18.2 Å². The average Bonchev–Trinajstić information content (AvgIpc) is 3.01. The highest BCUT2D eigenvalue weighted by Crippen LogP contribution is 2.27. The van der Waals surface area contributed by atoms with Gasteiger partial charge in [0, 0.05) is 24.1 Å². The number of imidazole rings is 1. The summed E-state index contributed by atoms with van der Waals surface area (Å²) in [6.07, 6.45) is 2.10. The van der Waals surface area contributed by atoms with Crippen LogP contribution in [0.3, 0.4) is 0 Å². The molecule has 0 saturated carbocycles. The lowest BCUT2D eigenvalue weighted by Gasteiger charge is -2.19. The summed E-state index contributed by atoms with van der Waals surface area (Å²) >= 11 is 0. The maximum absolute atomic E-state index is 5.86. The number of benzene rings is 1. The number of rotatable bonds is 3. The molecular weight excluding hydrogens is 266 g/mol. The van der Waals surface area contributed by atoms with Gasteiger partial charge in [0.15, 0.2) is 6.33 Å². The van der Waals surface area contributed by atoms with Crippen molar-refractivity contribution in [3.63, 3.8) is 0 Å². The Labute approximate surface area is 123 Å². The smallest absolute Gasteiger partial charge is 0.228 e. The predicted molar refractivity (Wildman–Crippen MR) is 80.8 cm³/mol. The lowest BCUT2D eigenvalue weighted by atomic mass is 9.95. The molecule has 0 spiro atoms. The normalized spacial score (nSPS) is 12.1. The third kappa shape index (κ3) is 2.61. The first-order chi connectivity index (χ1) is 9.95. The van der Waals surface area contributed by atoms with E-state index in [0.717, 1.165) is 29.1 Å². The van der Waals surface area contributed by atoms with Gasteiger partial charge in [-0.3, -0.25) is 0 Å². The van der Waals surface area contributed by atoms with Crippen molar-refractivity contribution in [1.82, 2.24) is 19.7 Å². The highest BCUT2D eigenvalue weighted by molar-refractivity contribution is 5.79. The maximum Gasteiger partial charge on any atom is 0.228 e. The molecule has 0 aliphatic heterocycles. The summed E-state index contributed by atoms with van der Waals surface area (Å²) in [4.78, 5) is 8.83. The number of nitrogens with two attached hydrogens (primary N) is 1. The molecule has 0 aliphatic rings. The number of hydrogen-bond acceptors (Lipinski definition) is 5. The summed E-state index contributed by atoms with van der Waals surface area (Å²) in [5, 5.41) is 3.64. The van der Waals surface area contributed by atoms with E-state index in [-0.39, 0.29) is 5.41 Å². The highest BCUT2D eigenvalue weighted by atomic mass is 16.5. The Bertz CT molecular complexity index is 752. The van der Waals surface area contributed by atoms with E-state index in [2.05, 4.69) is 35.5 Å². The molecule has 0 amide bonds. The molecule has 3 aromatic rings. The number of aryl methyl sites for hydroxylation is 2. The molecule has 2 heterocycles. The second-order valence-electron chi connectivity index (χ2n) is 6.17. The fourth-order valence-electron chi connectivity index (χ4n) is 2.46. The zero-order chi connectivity index (χ0) is 15.0. The van der Waals surface area contributed by atoms with E-state index in [9.17, 15) is 0 Å². The van der Waals surface area contributed by atoms with Crippen LogP contribution in [0.4, 0.5) is 5.69 Å². The van der Waals surface area contributed by atoms with Gasteiger partial charge in [0.05, 0.1) is 11.0 Å². The topological polar surface area (TPSA) is 82.8 Å². The Hall–Kier alpha value is -2.37. The third-order valence-electron chi connectivity index (χ3n) is 3.40. The number of aromatic nitrogens is 4. The van der Waals surface area contributed by atoms with Crippen LogP contribution in [0.2, 0.25) is 0 Å². The minimum Gasteiger partial charge on any atom is -0.399 e. The standard InChI is InChI=1S/C15H19N5O/c1-15(2,3)14-19-11-8-10(16)4-5-12(11)20(14)7-6-13-17-9-18-21-13/h4-5,8-9H,6-7,16H2,1-3H3. The van der Waals surface area contributed by atoms with Crippen molar-refractivity contribution < 1.29 is 4.52 Å². The molecule has 3 rings (SSSR count). The zero-order valence-corrected chi connectivity index (χ0v) is 12.5. The van der Waals surface area contributed by atoms with Crippen LogP contribution in [0.1, 0.15) is 32.5 Å². The van der Waals surface area contributed by atoms with Crippen molar-refractivity contribution in [1.29, 1.82) is 0 Å². The van der Waals surface area contributed by atoms with Gasteiger partial charge >= 0.3 is 0 Å². The van der Waals surface area contributed by atoms with Crippen LogP contribution in [0, 0.1) is 0 Å². The van der Waals surface area contributed by atoms with Crippen molar-refractivity contribution >= 4 is 16.7 Å². The monoisotopic (exact) mass is 285 g/mol. The van der Waals surface area contributed by atoms with E-state index in [0.29, 0.717) is 12.3 Å². The molecule has 0 fully saturated rings. The number of anilines is 1. The molecule has 0 atom stereocenters. The van der Waals surface area contributed by atoms with E-state index >= 15 is 0 Å². The Morgan fingerprint density at radius 2 is 2.10 bits per heavy atom. The highest BCUT2D eigenvalue weighted by Gasteiger charge is 2.23. The molecule has 2 N–H and O–H groups in total. The molecule has 6 nitrogen and oxygen atoms in total. The van der Waals surface area contributed by atoms with Crippen molar-refractivity contribution in [2.45, 2.75) is 39.2 Å². The largest absolute Gasteiger partial charge is 0.399 e. The molecule has 0 unspecified atom stereocenters. The maximum atomic E-state index is 5.86. The lowest BCUT2D eigenvalue weighted by Crippen LogP contribution is -2.19. The van der Waals surface area contributed by atoms with Crippen molar-refractivity contribution in [2.75, 3.05) is 5.73 Å². The molecule has 6 heteroatoms. The van der Waals surface area contributed by atoms with E-state index in [4.69, 9.17) is 15.2 Å². The average molecular weight is 285 g/mol. The van der Waals surface area contributed by atoms with Crippen LogP contribution < -0.4 is 5.73 Å². The van der Waals surface area contributed by atoms with Crippen LogP contribution in [0.5, 0.6) is 0 Å². The third-order valence-corrected chi connectivity index (χ3v) is 3.40. The molecule has 2 aromatic heterocycles. The van der Waals surface area contributed by atoms with Gasteiger partial charge in [-0.15, -0.1) is 0 Å². The SMILES string of the molecule is CC(C)(C)c1nc2cc(N)ccc2n1CCc1ncno1. The fraction of sp³-hybridized carbons (Fsp3) is 0.400. The summed E-state index contributed by atoms with van der Waals surface area (Å²) in [7, 11) is 0. The zero-order valence-electron chi connectivity index (χ0n) is 12.5. The van der Waals surface area contributed by atoms with E-state index in [1.807, 2.05) is 18.2 Å². The van der Waals surface area contributed by atoms with Gasteiger partial charge < -0.3 is 14.8 Å². The molecule has 21 heavy (non-hydrogen) atoms. The van der Waals surface area contributed by atoms with Gasteiger partial charge in [-0.25, -0.2) is 4.98 Å². The van der Waals surface area contributed by atoms with Crippen LogP contribution in [0.25, 0.3) is 11.0 Å². The molecule has 0 bridgehead atoms. The van der Waals surface area contributed by atoms with Crippen molar-refractivity contribution in [2.24, 2.45) is 0 Å². The van der Waals surface area contributed by atoms with Gasteiger partial charge in [-0.2, -0.15) is 4.98 Å². The van der Waals surface area contributed by atoms with Gasteiger partial charge in [0.2, 0.25) is 5.89 Å². The van der Waals surface area contributed by atoms with Crippen LogP contribution in [-0.2, 0) is 18.4 Å². The summed E-state index contributed by atoms with van der Waals surface area (Å²) < 4.78 is 7.28. The summed E-state index contributed by atoms with van der Waals surface area (Å²) in [5.41, 5.74) is 8.53. The second kappa shape index (κ2) is 4.87. The van der Waals surface area contributed by atoms with Crippen LogP contribution in [0.15, 0.2) is 29.0 Å². The van der Waals surface area contributed by atoms with E-state index in [1.165, 1.54) is 6.33 Å². The van der Waals surface area contributed by atoms with Crippen LogP contribution in [-0.4, -0.2) is 19.7 Å². The first-order valence-electron chi connectivity index (χ1n) is 6.97. The Morgan fingerprint density at radius 3 is 2.76 bits per heavy atom. The van der Waals surface area contributed by atoms with Gasteiger partial charge in [0.1, 0.15) is 5.82 Å². The van der Waals surface area contributed by atoms with E-state index < -0.39 is 0 Å². The Morgan fingerprint density at radius 1 is 1.29 bits per heavy atom. The first kappa shape index (κ1) is 13.6. The van der Waals surface area contributed by atoms with Crippen molar-refractivity contribution in [3.8, 4) is 0 Å². The number of nitrogens with zero attached hydrogens (tertiary/aromatic N) is 4. The minimum atomic E-state index is -0.0530. The Balaban J connectivity index is 2.05. The molecular formula is C15H19N5O. The van der Waals surface area contributed by atoms with Gasteiger partial charge in [0.25, 0.3) is 0 Å². The molecule has 1 aromatic carbocycles. The second-order valence-corrected chi connectivity index (χ2v) is 6.17. The number of hydrogen-bond donors (Lipinski definition) is 1. The minimum absolute atomic E-state index is 0.0530. The number of nitrogen functional groups attached to an aromatic ring is 1. The van der Waals surface area contributed by atoms with E-state index in [1.54, 1.807) is 0 Å². The summed E-state index contributed by atoms with van der Waals surface area (Å²) in [6, 6.07) is 5.83. The Kier molecular flexibility index (Phi) is 3.16. The van der Waals surface area contributed by atoms with Crippen LogP contribution >= 0.6 is 0 Å². The molecule has 0 radical (unpaired) electrons. The lowest BCUT2D eigenvalue weighted by molar-refractivity contribution is 0.368. The molecule has 110 valence electrons.